The van der Waals surface area contributed by atoms with Crippen LogP contribution in [0.4, 0.5) is 4.79 Å². The number of allylic oxidation sites excluding steroid dienone is 2. The summed E-state index contributed by atoms with van der Waals surface area (Å²) in [7, 11) is 1.34. The molecular weight excluding hydrogens is 242 g/mol. The van der Waals surface area contributed by atoms with Gasteiger partial charge in [0.25, 0.3) is 0 Å². The third-order valence-corrected chi connectivity index (χ3v) is 2.97. The molecule has 1 aliphatic rings. The van der Waals surface area contributed by atoms with Crippen molar-refractivity contribution in [2.45, 2.75) is 12.8 Å². The first-order chi connectivity index (χ1) is 9.11. The number of nitrogens with zero attached hydrogens (tertiary/aromatic N) is 1. The van der Waals surface area contributed by atoms with Crippen molar-refractivity contribution in [3.05, 3.63) is 59.9 Å². The third-order valence-electron chi connectivity index (χ3n) is 2.97. The molecule has 1 heterocycles. The average Bonchev–Trinajstić information content (AvgIpc) is 2.46. The summed E-state index contributed by atoms with van der Waals surface area (Å²) in [6.07, 6.45) is 6.67. The first-order valence-electron chi connectivity index (χ1n) is 5.95. The van der Waals surface area contributed by atoms with Crippen LogP contribution in [0.2, 0.25) is 0 Å². The number of hydrogen-bond acceptors (Lipinski definition) is 3. The third kappa shape index (κ3) is 2.91. The highest BCUT2D eigenvalue weighted by Gasteiger charge is 2.14. The number of rotatable bonds is 2. The lowest BCUT2D eigenvalue weighted by Gasteiger charge is -2.19. The Hall–Kier alpha value is -2.36. The lowest BCUT2D eigenvalue weighted by molar-refractivity contribution is 0.101. The summed E-state index contributed by atoms with van der Waals surface area (Å²) in [5.41, 5.74) is 1.71. The second kappa shape index (κ2) is 5.52. The monoisotopic (exact) mass is 257 g/mol. The number of amides is 1. The maximum absolute atomic E-state index is 11.4. The van der Waals surface area contributed by atoms with E-state index in [0.717, 1.165) is 5.56 Å². The van der Waals surface area contributed by atoms with Crippen LogP contribution in [0.15, 0.2) is 48.8 Å². The highest BCUT2D eigenvalue weighted by molar-refractivity contribution is 5.94. The molecule has 0 aliphatic carbocycles. The first kappa shape index (κ1) is 13.1. The Labute approximate surface area is 112 Å². The van der Waals surface area contributed by atoms with E-state index in [9.17, 15) is 9.59 Å². The van der Waals surface area contributed by atoms with E-state index in [1.807, 2.05) is 30.4 Å². The van der Waals surface area contributed by atoms with Gasteiger partial charge >= 0.3 is 6.09 Å². The van der Waals surface area contributed by atoms with Gasteiger partial charge in [-0.2, -0.15) is 0 Å². The Kier molecular flexibility index (Phi) is 3.80. The Balaban J connectivity index is 2.18. The summed E-state index contributed by atoms with van der Waals surface area (Å²) in [5, 5.41) is 0. The highest BCUT2D eigenvalue weighted by Crippen LogP contribution is 2.24. The Morgan fingerprint density at radius 2 is 1.89 bits per heavy atom. The molecule has 1 aromatic carbocycles. The molecule has 98 valence electrons. The van der Waals surface area contributed by atoms with Crippen molar-refractivity contribution in [3.8, 4) is 0 Å². The van der Waals surface area contributed by atoms with Crippen molar-refractivity contribution in [1.82, 2.24) is 4.90 Å². The van der Waals surface area contributed by atoms with E-state index in [2.05, 4.69) is 4.74 Å². The number of carbonyl (C=O) groups excluding carboxylic acids is 2. The van der Waals surface area contributed by atoms with Gasteiger partial charge in [-0.1, -0.05) is 30.4 Å². The van der Waals surface area contributed by atoms with Crippen molar-refractivity contribution >= 4 is 11.9 Å². The molecule has 4 nitrogen and oxygen atoms in total. The standard InChI is InChI=1S/C15H15NO3/c1-11(17)13-4-3-5-14(10-13)12-6-8-16(9-7-12)15(18)19-2/h3-10,12H,1-2H3. The second-order valence-electron chi connectivity index (χ2n) is 4.27. The number of Topliss-reactive ketones (excluding diaryl/α,β-unsaturated/α-hetero) is 1. The summed E-state index contributed by atoms with van der Waals surface area (Å²) in [5.74, 6) is 0.0991. The Morgan fingerprint density at radius 1 is 1.21 bits per heavy atom. The highest BCUT2D eigenvalue weighted by atomic mass is 16.5. The normalized spacial score (nSPS) is 14.5. The van der Waals surface area contributed by atoms with E-state index in [4.69, 9.17) is 0 Å². The first-order valence-corrected chi connectivity index (χ1v) is 5.95. The molecule has 0 radical (unpaired) electrons. The zero-order valence-corrected chi connectivity index (χ0v) is 10.9. The van der Waals surface area contributed by atoms with Gasteiger partial charge < -0.3 is 4.74 Å². The van der Waals surface area contributed by atoms with Gasteiger partial charge in [-0.3, -0.25) is 9.69 Å². The van der Waals surface area contributed by atoms with Crippen LogP contribution in [0, 0.1) is 0 Å². The van der Waals surface area contributed by atoms with Crippen LogP contribution in [0.1, 0.15) is 28.8 Å². The molecule has 0 unspecified atom stereocenters. The smallest absolute Gasteiger partial charge is 0.417 e. The van der Waals surface area contributed by atoms with Gasteiger partial charge in [0.05, 0.1) is 7.11 Å². The van der Waals surface area contributed by atoms with Crippen LogP contribution in [0.25, 0.3) is 0 Å². The minimum atomic E-state index is -0.427. The molecule has 0 atom stereocenters. The van der Waals surface area contributed by atoms with Crippen LogP contribution in [-0.4, -0.2) is 23.9 Å². The summed E-state index contributed by atoms with van der Waals surface area (Å²) < 4.78 is 4.62. The van der Waals surface area contributed by atoms with Crippen molar-refractivity contribution < 1.29 is 14.3 Å². The van der Waals surface area contributed by atoms with E-state index in [-0.39, 0.29) is 11.7 Å². The molecule has 0 saturated carbocycles. The average molecular weight is 257 g/mol. The number of ketones is 1. The van der Waals surface area contributed by atoms with Crippen LogP contribution < -0.4 is 0 Å². The zero-order chi connectivity index (χ0) is 13.8. The Bertz CT molecular complexity index is 546. The lowest BCUT2D eigenvalue weighted by Crippen LogP contribution is -2.21. The van der Waals surface area contributed by atoms with Gasteiger partial charge in [-0.15, -0.1) is 0 Å². The molecule has 0 bridgehead atoms. The van der Waals surface area contributed by atoms with Crippen LogP contribution in [-0.2, 0) is 4.74 Å². The molecule has 1 amide bonds. The van der Waals surface area contributed by atoms with E-state index in [0.29, 0.717) is 5.56 Å². The quantitative estimate of drug-likeness (QED) is 0.765. The van der Waals surface area contributed by atoms with Gasteiger partial charge in [-0.05, 0) is 18.6 Å². The fourth-order valence-corrected chi connectivity index (χ4v) is 1.90. The van der Waals surface area contributed by atoms with E-state index in [1.165, 1.54) is 12.0 Å². The molecule has 19 heavy (non-hydrogen) atoms. The number of hydrogen-bond donors (Lipinski definition) is 0. The molecule has 0 saturated heterocycles. The zero-order valence-electron chi connectivity index (χ0n) is 10.9. The second-order valence-corrected chi connectivity index (χ2v) is 4.27. The minimum absolute atomic E-state index is 0.0433. The number of methoxy groups -OCH3 is 1. The largest absolute Gasteiger partial charge is 0.452 e. The summed E-state index contributed by atoms with van der Waals surface area (Å²) >= 11 is 0. The summed E-state index contributed by atoms with van der Waals surface area (Å²) in [6, 6.07) is 7.48. The molecule has 0 spiro atoms. The number of ether oxygens (including phenoxy) is 1. The molecule has 0 aromatic heterocycles. The van der Waals surface area contributed by atoms with Crippen LogP contribution >= 0.6 is 0 Å². The van der Waals surface area contributed by atoms with E-state index >= 15 is 0 Å². The minimum Gasteiger partial charge on any atom is -0.452 e. The molecule has 2 rings (SSSR count). The van der Waals surface area contributed by atoms with Gasteiger partial charge in [0.1, 0.15) is 0 Å². The van der Waals surface area contributed by atoms with E-state index < -0.39 is 6.09 Å². The Morgan fingerprint density at radius 3 is 2.47 bits per heavy atom. The van der Waals surface area contributed by atoms with Gasteiger partial charge in [-0.25, -0.2) is 4.79 Å². The van der Waals surface area contributed by atoms with Crippen LogP contribution in [0.3, 0.4) is 0 Å². The molecule has 0 N–H and O–H groups in total. The fraction of sp³-hybridized carbons (Fsp3) is 0.200. The van der Waals surface area contributed by atoms with E-state index in [1.54, 1.807) is 25.4 Å². The molecular formula is C15H15NO3. The number of benzene rings is 1. The molecule has 4 heteroatoms. The number of carbonyl (C=O) groups is 2. The fourth-order valence-electron chi connectivity index (χ4n) is 1.90. The van der Waals surface area contributed by atoms with Gasteiger partial charge in [0.15, 0.2) is 5.78 Å². The molecule has 1 aliphatic heterocycles. The summed E-state index contributed by atoms with van der Waals surface area (Å²) in [6.45, 7) is 1.55. The molecule has 0 fully saturated rings. The predicted octanol–water partition coefficient (Wildman–Crippen LogP) is 3.08. The topological polar surface area (TPSA) is 46.6 Å². The van der Waals surface area contributed by atoms with Gasteiger partial charge in [0.2, 0.25) is 0 Å². The van der Waals surface area contributed by atoms with Crippen molar-refractivity contribution in [1.29, 1.82) is 0 Å². The molecule has 1 aromatic rings. The van der Waals surface area contributed by atoms with Crippen molar-refractivity contribution in [2.75, 3.05) is 7.11 Å². The van der Waals surface area contributed by atoms with Gasteiger partial charge in [0, 0.05) is 23.9 Å². The summed E-state index contributed by atoms with van der Waals surface area (Å²) in [4.78, 5) is 24.0. The lowest BCUT2D eigenvalue weighted by atomic mass is 9.95. The van der Waals surface area contributed by atoms with Crippen molar-refractivity contribution in [3.63, 3.8) is 0 Å². The maximum Gasteiger partial charge on any atom is 0.417 e. The van der Waals surface area contributed by atoms with Crippen molar-refractivity contribution in [2.24, 2.45) is 0 Å². The maximum atomic E-state index is 11.4. The van der Waals surface area contributed by atoms with Crippen LogP contribution in [0.5, 0.6) is 0 Å². The SMILES string of the molecule is COC(=O)N1C=CC(c2cccc(C(C)=O)c2)C=C1. The predicted molar refractivity (Wildman–Crippen MR) is 71.7 cm³/mol.